The minimum absolute atomic E-state index is 0.0593. The lowest BCUT2D eigenvalue weighted by Crippen LogP contribution is -2.34. The fourth-order valence-corrected chi connectivity index (χ4v) is 6.03. The smallest absolute Gasteiger partial charge is 0.472 e. The number of carbonyl (C=O) groups is 4. The molecule has 0 rings (SSSR count). The molecule has 0 aliphatic rings. The lowest BCUT2D eigenvalue weighted by atomic mass is 10.0. The van der Waals surface area contributed by atoms with E-state index in [0.29, 0.717) is 25.7 Å². The van der Waals surface area contributed by atoms with Gasteiger partial charge in [0.25, 0.3) is 0 Å². The highest BCUT2D eigenvalue weighted by Crippen LogP contribution is 2.43. The highest BCUT2D eigenvalue weighted by Gasteiger charge is 2.28. The third-order valence-electron chi connectivity index (χ3n) is 8.56. The van der Waals surface area contributed by atoms with E-state index in [4.69, 9.17) is 24.8 Å². The van der Waals surface area contributed by atoms with Crippen LogP contribution in [0.1, 0.15) is 162 Å². The molecule has 0 spiro atoms. The number of esters is 2. The van der Waals surface area contributed by atoms with Gasteiger partial charge in [0.1, 0.15) is 12.6 Å². The van der Waals surface area contributed by atoms with Crippen LogP contribution in [0.4, 0.5) is 0 Å². The Balaban J connectivity index is 4.55. The summed E-state index contributed by atoms with van der Waals surface area (Å²) in [5, 5.41) is 8.87. The number of ketones is 1. The van der Waals surface area contributed by atoms with E-state index in [1.54, 1.807) is 12.2 Å². The Morgan fingerprint density at radius 3 is 1.75 bits per heavy atom. The number of carboxylic acid groups (broad SMARTS) is 1. The van der Waals surface area contributed by atoms with Gasteiger partial charge < -0.3 is 25.2 Å². The van der Waals surface area contributed by atoms with Crippen LogP contribution in [-0.2, 0) is 42.3 Å². The zero-order valence-corrected chi connectivity index (χ0v) is 34.6. The minimum atomic E-state index is -4.74. The molecule has 12 nitrogen and oxygen atoms in total. The van der Waals surface area contributed by atoms with E-state index in [2.05, 4.69) is 18.4 Å². The van der Waals surface area contributed by atoms with Crippen LogP contribution in [0.25, 0.3) is 0 Å². The second kappa shape index (κ2) is 36.7. The van der Waals surface area contributed by atoms with Crippen LogP contribution in [0.15, 0.2) is 48.6 Å². The molecule has 0 saturated carbocycles. The van der Waals surface area contributed by atoms with E-state index in [1.165, 1.54) is 57.8 Å². The zero-order valence-electron chi connectivity index (χ0n) is 33.8. The second-order valence-electron chi connectivity index (χ2n) is 13.8. The predicted octanol–water partition coefficient (Wildman–Crippen LogP) is 9.79. The monoisotopic (exact) mass is 797 g/mol. The fraction of sp³-hybridized carbons (Fsp3) is 0.714. The van der Waals surface area contributed by atoms with Crippen LogP contribution in [0, 0.1) is 0 Å². The van der Waals surface area contributed by atoms with E-state index in [9.17, 15) is 28.6 Å². The molecule has 0 aromatic carbocycles. The van der Waals surface area contributed by atoms with Crippen LogP contribution in [0.3, 0.4) is 0 Å². The Hall–Kier alpha value is -2.89. The van der Waals surface area contributed by atoms with Crippen molar-refractivity contribution in [2.75, 3.05) is 19.8 Å². The first-order valence-electron chi connectivity index (χ1n) is 20.6. The Labute approximate surface area is 331 Å². The van der Waals surface area contributed by atoms with Gasteiger partial charge in [-0.25, -0.2) is 4.57 Å². The van der Waals surface area contributed by atoms with Crippen molar-refractivity contribution in [2.24, 2.45) is 5.73 Å². The summed E-state index contributed by atoms with van der Waals surface area (Å²) < 4.78 is 32.5. The normalized spacial score (nSPS) is 14.2. The van der Waals surface area contributed by atoms with Crippen LogP contribution < -0.4 is 5.73 Å². The van der Waals surface area contributed by atoms with Crippen LogP contribution in [0.2, 0.25) is 0 Å². The molecule has 0 aromatic rings. The van der Waals surface area contributed by atoms with Crippen LogP contribution in [-0.4, -0.2) is 65.7 Å². The molecule has 0 bridgehead atoms. The number of unbranched alkanes of at least 4 members (excludes halogenated alkanes) is 15. The molecule has 316 valence electrons. The van der Waals surface area contributed by atoms with Crippen molar-refractivity contribution in [1.29, 1.82) is 0 Å². The van der Waals surface area contributed by atoms with Gasteiger partial charge >= 0.3 is 25.7 Å². The van der Waals surface area contributed by atoms with E-state index in [0.717, 1.165) is 51.4 Å². The van der Waals surface area contributed by atoms with Gasteiger partial charge in [-0.15, -0.1) is 0 Å². The summed E-state index contributed by atoms with van der Waals surface area (Å²) in [7, 11) is -4.74. The number of ether oxygens (including phenoxy) is 2. The first-order chi connectivity index (χ1) is 26.5. The van der Waals surface area contributed by atoms with Gasteiger partial charge in [-0.3, -0.25) is 28.2 Å². The molecule has 0 aliphatic heterocycles. The standard InChI is InChI=1S/C42H72NO11P/c1-3-5-7-8-9-10-11-12-15-18-21-24-28-32-40(45)51-34-38(35-52-55(49,50)53-36-39(43)42(47)48)54-41(46)33-29-25-22-19-16-13-14-17-20-23-27-31-37(44)30-26-6-4-2/h13-14,19-20,22-23,27,31,38-39H,3-12,15-18,21,24-26,28-30,32-36,43H2,1-2H3,(H,47,48)(H,49,50)/b14-13-,22-19-,23-20-,31-27+/t38-,39+/m1/s1. The zero-order chi connectivity index (χ0) is 40.8. The lowest BCUT2D eigenvalue weighted by Gasteiger charge is -2.20. The predicted molar refractivity (Wildman–Crippen MR) is 217 cm³/mol. The molecule has 0 aromatic heterocycles. The highest BCUT2D eigenvalue weighted by atomic mass is 31.2. The van der Waals surface area contributed by atoms with Crippen molar-refractivity contribution in [3.05, 3.63) is 48.6 Å². The minimum Gasteiger partial charge on any atom is -0.480 e. The molecular weight excluding hydrogens is 725 g/mol. The molecule has 0 amide bonds. The van der Waals surface area contributed by atoms with Crippen molar-refractivity contribution in [1.82, 2.24) is 0 Å². The van der Waals surface area contributed by atoms with E-state index in [-0.39, 0.29) is 25.2 Å². The number of phosphoric acid groups is 1. The summed E-state index contributed by atoms with van der Waals surface area (Å²) in [6, 6.07) is -1.54. The van der Waals surface area contributed by atoms with Crippen LogP contribution in [0.5, 0.6) is 0 Å². The van der Waals surface area contributed by atoms with E-state index in [1.807, 2.05) is 36.5 Å². The average molecular weight is 798 g/mol. The number of phosphoric ester groups is 1. The molecule has 0 heterocycles. The maximum Gasteiger partial charge on any atom is 0.472 e. The van der Waals surface area contributed by atoms with Crippen molar-refractivity contribution in [2.45, 2.75) is 174 Å². The lowest BCUT2D eigenvalue weighted by molar-refractivity contribution is -0.161. The summed E-state index contributed by atoms with van der Waals surface area (Å²) in [6.07, 6.45) is 36.0. The molecule has 4 N–H and O–H groups in total. The summed E-state index contributed by atoms with van der Waals surface area (Å²) in [6.45, 7) is 2.56. The molecular formula is C42H72NO11P. The SMILES string of the molecule is CCCCCCCCCCCCCCCC(=O)OC[C@H](COP(=O)(O)OC[C@H](N)C(=O)O)OC(=O)CCC/C=C\C/C=C\C/C=C\C=C\C(=O)CCCCC. The molecule has 0 fully saturated rings. The number of rotatable bonds is 38. The fourth-order valence-electron chi connectivity index (χ4n) is 5.25. The van der Waals surface area contributed by atoms with Crippen molar-refractivity contribution in [3.63, 3.8) is 0 Å². The van der Waals surface area contributed by atoms with Crippen molar-refractivity contribution < 1.29 is 52.3 Å². The quantitative estimate of drug-likeness (QED) is 0.0134. The number of aliphatic carboxylic acids is 1. The number of hydrogen-bond donors (Lipinski definition) is 3. The van der Waals surface area contributed by atoms with Crippen LogP contribution >= 0.6 is 7.82 Å². The maximum atomic E-state index is 12.6. The number of carboxylic acids is 1. The summed E-state index contributed by atoms with van der Waals surface area (Å²) in [4.78, 5) is 57.5. The first-order valence-corrected chi connectivity index (χ1v) is 22.1. The maximum absolute atomic E-state index is 12.6. The van der Waals surface area contributed by atoms with E-state index < -0.39 is 51.1 Å². The van der Waals surface area contributed by atoms with Crippen molar-refractivity contribution in [3.8, 4) is 0 Å². The molecule has 13 heteroatoms. The Morgan fingerprint density at radius 1 is 0.618 bits per heavy atom. The van der Waals surface area contributed by atoms with E-state index >= 15 is 0 Å². The number of allylic oxidation sites excluding steroid dienone is 8. The molecule has 0 radical (unpaired) electrons. The molecule has 1 unspecified atom stereocenters. The Morgan fingerprint density at radius 2 is 1.13 bits per heavy atom. The third kappa shape index (κ3) is 36.5. The van der Waals surface area contributed by atoms with Gasteiger partial charge in [0.05, 0.1) is 13.2 Å². The molecule has 3 atom stereocenters. The Bertz CT molecular complexity index is 1180. The Kier molecular flexibility index (Phi) is 34.8. The summed E-state index contributed by atoms with van der Waals surface area (Å²) >= 11 is 0. The van der Waals surface area contributed by atoms with Gasteiger partial charge in [0, 0.05) is 19.3 Å². The number of carbonyl (C=O) groups excluding carboxylic acids is 3. The number of nitrogens with two attached hydrogens (primary N) is 1. The molecule has 0 saturated heterocycles. The van der Waals surface area contributed by atoms with Gasteiger partial charge in [0.2, 0.25) is 0 Å². The topological polar surface area (TPSA) is 189 Å². The highest BCUT2D eigenvalue weighted by molar-refractivity contribution is 7.47. The summed E-state index contributed by atoms with van der Waals surface area (Å²) in [5.41, 5.74) is 5.31. The van der Waals surface area contributed by atoms with Gasteiger partial charge in [-0.1, -0.05) is 146 Å². The molecule has 0 aliphatic carbocycles. The van der Waals surface area contributed by atoms with Crippen molar-refractivity contribution >= 4 is 31.5 Å². The van der Waals surface area contributed by atoms with Gasteiger partial charge in [-0.2, -0.15) is 0 Å². The summed E-state index contributed by atoms with van der Waals surface area (Å²) in [5.74, 6) is -2.34. The largest absolute Gasteiger partial charge is 0.480 e. The second-order valence-corrected chi connectivity index (χ2v) is 15.3. The van der Waals surface area contributed by atoms with Gasteiger partial charge in [0.15, 0.2) is 11.9 Å². The molecule has 55 heavy (non-hydrogen) atoms. The average Bonchev–Trinajstić information content (AvgIpc) is 3.15. The third-order valence-corrected chi connectivity index (χ3v) is 9.51. The number of hydrogen-bond acceptors (Lipinski definition) is 10. The van der Waals surface area contributed by atoms with Gasteiger partial charge in [-0.05, 0) is 44.6 Å². The first kappa shape index (κ1) is 52.1.